The van der Waals surface area contributed by atoms with Crippen LogP contribution in [0, 0.1) is 3.57 Å². The van der Waals surface area contributed by atoms with Gasteiger partial charge in [-0.15, -0.1) is 5.10 Å². The first-order valence-corrected chi connectivity index (χ1v) is 7.90. The van der Waals surface area contributed by atoms with E-state index < -0.39 is 6.61 Å². The normalized spacial score (nSPS) is 10.8. The number of hydrogen-bond acceptors (Lipinski definition) is 5. The van der Waals surface area contributed by atoms with Gasteiger partial charge >= 0.3 is 6.61 Å². The number of ether oxygens (including phenoxy) is 2. The van der Waals surface area contributed by atoms with E-state index in [4.69, 9.17) is 4.74 Å². The summed E-state index contributed by atoms with van der Waals surface area (Å²) in [6.45, 7) is -2.69. The second-order valence-electron chi connectivity index (χ2n) is 4.63. The van der Waals surface area contributed by atoms with Gasteiger partial charge in [-0.3, -0.25) is 0 Å². The number of hydrogen-bond donors (Lipinski definition) is 0. The molecule has 3 rings (SSSR count). The van der Waals surface area contributed by atoms with Crippen LogP contribution >= 0.6 is 22.6 Å². The molecule has 2 aromatic carbocycles. The van der Waals surface area contributed by atoms with Crippen molar-refractivity contribution >= 4 is 22.6 Å². The van der Waals surface area contributed by atoms with Gasteiger partial charge in [0.15, 0.2) is 5.82 Å². The number of alkyl halides is 2. The molecule has 0 aliphatic rings. The fourth-order valence-corrected chi connectivity index (χ4v) is 2.48. The molecule has 0 aliphatic heterocycles. The van der Waals surface area contributed by atoms with Crippen LogP contribution in [0.1, 0.15) is 5.82 Å². The van der Waals surface area contributed by atoms with Gasteiger partial charge in [-0.1, -0.05) is 6.07 Å². The Morgan fingerprint density at radius 3 is 2.58 bits per heavy atom. The molecule has 9 heteroatoms. The third-order valence-electron chi connectivity index (χ3n) is 3.00. The molecule has 1 aromatic heterocycles. The van der Waals surface area contributed by atoms with Gasteiger partial charge in [0, 0.05) is 3.57 Å². The first kappa shape index (κ1) is 16.6. The van der Waals surface area contributed by atoms with Crippen LogP contribution < -0.4 is 9.47 Å². The molecule has 6 nitrogen and oxygen atoms in total. The Hall–Kier alpha value is -2.30. The Labute approximate surface area is 149 Å². The average molecular weight is 444 g/mol. The van der Waals surface area contributed by atoms with Crippen LogP contribution in [-0.2, 0) is 6.61 Å². The molecule has 0 saturated carbocycles. The van der Waals surface area contributed by atoms with Crippen molar-refractivity contribution < 1.29 is 18.3 Å². The number of nitrogens with zero attached hydrogens (tertiary/aromatic N) is 4. The maximum Gasteiger partial charge on any atom is 0.387 e. The quantitative estimate of drug-likeness (QED) is 0.546. The van der Waals surface area contributed by atoms with Gasteiger partial charge in [-0.05, 0) is 75.5 Å². The van der Waals surface area contributed by atoms with Crippen molar-refractivity contribution in [2.24, 2.45) is 0 Å². The summed E-state index contributed by atoms with van der Waals surface area (Å²) in [6, 6.07) is 13.6. The topological polar surface area (TPSA) is 62.1 Å². The minimum Gasteiger partial charge on any atom is -0.485 e. The molecular formula is C15H11F2IN4O2. The van der Waals surface area contributed by atoms with Crippen molar-refractivity contribution in [3.05, 3.63) is 57.9 Å². The van der Waals surface area contributed by atoms with Crippen molar-refractivity contribution in [2.75, 3.05) is 0 Å². The molecule has 0 fully saturated rings. The highest BCUT2D eigenvalue weighted by atomic mass is 127. The molecule has 0 aliphatic carbocycles. The van der Waals surface area contributed by atoms with E-state index in [1.54, 1.807) is 12.1 Å². The molecule has 0 spiro atoms. The average Bonchev–Trinajstić information content (AvgIpc) is 3.02. The summed E-state index contributed by atoms with van der Waals surface area (Å²) in [6.07, 6.45) is 0. The second-order valence-corrected chi connectivity index (χ2v) is 5.87. The van der Waals surface area contributed by atoms with E-state index in [1.165, 1.54) is 16.8 Å². The number of halogens is 3. The highest BCUT2D eigenvalue weighted by Crippen LogP contribution is 2.19. The van der Waals surface area contributed by atoms with Crippen LogP contribution in [0.3, 0.4) is 0 Å². The third kappa shape index (κ3) is 4.16. The van der Waals surface area contributed by atoms with Crippen LogP contribution in [0.4, 0.5) is 8.78 Å². The highest BCUT2D eigenvalue weighted by Gasteiger charge is 2.10. The van der Waals surface area contributed by atoms with Crippen LogP contribution in [0.15, 0.2) is 48.5 Å². The molecule has 0 amide bonds. The number of benzene rings is 2. The van der Waals surface area contributed by atoms with Crippen molar-refractivity contribution in [2.45, 2.75) is 13.2 Å². The lowest BCUT2D eigenvalue weighted by Crippen LogP contribution is -2.07. The smallest absolute Gasteiger partial charge is 0.387 e. The molecule has 3 aromatic rings. The van der Waals surface area contributed by atoms with E-state index >= 15 is 0 Å². The van der Waals surface area contributed by atoms with E-state index in [1.807, 2.05) is 24.3 Å². The molecule has 0 unspecified atom stereocenters. The van der Waals surface area contributed by atoms with Gasteiger partial charge in [0.1, 0.15) is 18.1 Å². The highest BCUT2D eigenvalue weighted by molar-refractivity contribution is 14.1. The van der Waals surface area contributed by atoms with E-state index in [0.717, 1.165) is 3.57 Å². The summed E-state index contributed by atoms with van der Waals surface area (Å²) in [5.74, 6) is 1.26. The minimum absolute atomic E-state index is 0.0680. The van der Waals surface area contributed by atoms with Crippen molar-refractivity contribution in [1.82, 2.24) is 20.2 Å². The largest absolute Gasteiger partial charge is 0.485 e. The number of rotatable bonds is 6. The Balaban J connectivity index is 1.73. The summed E-state index contributed by atoms with van der Waals surface area (Å²) < 4.78 is 36.9. The van der Waals surface area contributed by atoms with E-state index in [0.29, 0.717) is 17.3 Å². The van der Waals surface area contributed by atoms with Crippen LogP contribution in [-0.4, -0.2) is 26.8 Å². The van der Waals surface area contributed by atoms with Crippen LogP contribution in [0.2, 0.25) is 0 Å². The zero-order valence-electron chi connectivity index (χ0n) is 12.1. The summed E-state index contributed by atoms with van der Waals surface area (Å²) in [5, 5.41) is 11.4. The maximum absolute atomic E-state index is 12.2. The lowest BCUT2D eigenvalue weighted by Gasteiger charge is -2.08. The van der Waals surface area contributed by atoms with Crippen molar-refractivity contribution in [1.29, 1.82) is 0 Å². The standard InChI is InChI=1S/C15H11F2IN4O2/c16-15(17)24-12-6-4-11(5-7-12)22-14(19-20-21-22)9-23-13-3-1-2-10(18)8-13/h1-8,15H,9H2. The Kier molecular flexibility index (Phi) is 5.18. The SMILES string of the molecule is FC(F)Oc1ccc(-n2nnnc2COc2cccc(I)c2)cc1. The van der Waals surface area contributed by atoms with Crippen molar-refractivity contribution in [3.8, 4) is 17.2 Å². The molecule has 0 atom stereocenters. The Morgan fingerprint density at radius 2 is 1.88 bits per heavy atom. The maximum atomic E-state index is 12.2. The summed E-state index contributed by atoms with van der Waals surface area (Å²) in [5.41, 5.74) is 0.614. The Morgan fingerprint density at radius 1 is 1.08 bits per heavy atom. The van der Waals surface area contributed by atoms with E-state index in [2.05, 4.69) is 42.9 Å². The summed E-state index contributed by atoms with van der Waals surface area (Å²) in [4.78, 5) is 0. The Bertz CT molecular complexity index is 811. The zero-order chi connectivity index (χ0) is 16.9. The van der Waals surface area contributed by atoms with Gasteiger partial charge < -0.3 is 9.47 Å². The molecule has 0 bridgehead atoms. The summed E-state index contributed by atoms with van der Waals surface area (Å²) >= 11 is 2.20. The lowest BCUT2D eigenvalue weighted by atomic mass is 10.3. The molecule has 0 N–H and O–H groups in total. The number of tetrazole rings is 1. The predicted octanol–water partition coefficient (Wildman–Crippen LogP) is 3.45. The predicted molar refractivity (Wildman–Crippen MR) is 89.3 cm³/mol. The van der Waals surface area contributed by atoms with E-state index in [9.17, 15) is 8.78 Å². The molecule has 0 saturated heterocycles. The van der Waals surface area contributed by atoms with E-state index in [-0.39, 0.29) is 12.4 Å². The third-order valence-corrected chi connectivity index (χ3v) is 3.68. The molecular weight excluding hydrogens is 433 g/mol. The fourth-order valence-electron chi connectivity index (χ4n) is 1.97. The van der Waals surface area contributed by atoms with Gasteiger partial charge in [0.2, 0.25) is 0 Å². The van der Waals surface area contributed by atoms with Crippen LogP contribution in [0.5, 0.6) is 11.5 Å². The molecule has 1 heterocycles. The van der Waals surface area contributed by atoms with Gasteiger partial charge in [0.05, 0.1) is 5.69 Å². The second kappa shape index (κ2) is 7.51. The number of aromatic nitrogens is 4. The first-order valence-electron chi connectivity index (χ1n) is 6.83. The lowest BCUT2D eigenvalue weighted by molar-refractivity contribution is -0.0498. The van der Waals surface area contributed by atoms with Gasteiger partial charge in [-0.2, -0.15) is 13.5 Å². The van der Waals surface area contributed by atoms with Crippen LogP contribution in [0.25, 0.3) is 5.69 Å². The molecule has 24 heavy (non-hydrogen) atoms. The van der Waals surface area contributed by atoms with Gasteiger partial charge in [-0.25, -0.2) is 0 Å². The zero-order valence-corrected chi connectivity index (χ0v) is 14.3. The molecule has 0 radical (unpaired) electrons. The molecule has 124 valence electrons. The van der Waals surface area contributed by atoms with Gasteiger partial charge in [0.25, 0.3) is 0 Å². The first-order chi connectivity index (χ1) is 11.6. The monoisotopic (exact) mass is 444 g/mol. The fraction of sp³-hybridized carbons (Fsp3) is 0.133. The minimum atomic E-state index is -2.86. The van der Waals surface area contributed by atoms with Crippen molar-refractivity contribution in [3.63, 3.8) is 0 Å². The summed E-state index contributed by atoms with van der Waals surface area (Å²) in [7, 11) is 0.